The average Bonchev–Trinajstić information content (AvgIpc) is 2.49. The van der Waals surface area contributed by atoms with Crippen LogP contribution in [0.15, 0.2) is 24.3 Å². The average molecular weight is 313 g/mol. The normalized spacial score (nSPS) is 16.7. The molecule has 1 aromatic rings. The maximum absolute atomic E-state index is 12.4. The first-order valence-corrected chi connectivity index (χ1v) is 7.28. The summed E-state index contributed by atoms with van der Waals surface area (Å²) in [6, 6.07) is 8.12. The summed E-state index contributed by atoms with van der Waals surface area (Å²) in [4.78, 5) is 14.2. The third-order valence-electron chi connectivity index (χ3n) is 3.89. The molecule has 5 heteroatoms. The van der Waals surface area contributed by atoms with Crippen molar-refractivity contribution in [2.75, 3.05) is 20.1 Å². The van der Waals surface area contributed by atoms with Gasteiger partial charge in [-0.25, -0.2) is 0 Å². The Morgan fingerprint density at radius 1 is 1.29 bits per heavy atom. The fourth-order valence-electron chi connectivity index (χ4n) is 2.53. The highest BCUT2D eigenvalue weighted by atomic mass is 35.5. The molecule has 4 nitrogen and oxygen atoms in total. The van der Waals surface area contributed by atoms with Crippen molar-refractivity contribution >= 4 is 18.3 Å². The van der Waals surface area contributed by atoms with Crippen LogP contribution in [0.4, 0.5) is 0 Å². The predicted molar refractivity (Wildman–Crippen MR) is 87.2 cm³/mol. The van der Waals surface area contributed by atoms with Crippen molar-refractivity contribution in [3.05, 3.63) is 29.8 Å². The lowest BCUT2D eigenvalue weighted by atomic mass is 10.0. The van der Waals surface area contributed by atoms with Gasteiger partial charge in [0.2, 0.25) is 0 Å². The van der Waals surface area contributed by atoms with E-state index in [-0.39, 0.29) is 18.3 Å². The zero-order valence-electron chi connectivity index (χ0n) is 13.0. The lowest BCUT2D eigenvalue weighted by Crippen LogP contribution is -2.48. The Bertz CT molecular complexity index is 444. The largest absolute Gasteiger partial charge is 0.481 e. The third-order valence-corrected chi connectivity index (χ3v) is 3.89. The van der Waals surface area contributed by atoms with Crippen molar-refractivity contribution in [3.8, 4) is 5.75 Å². The molecule has 1 aliphatic heterocycles. The summed E-state index contributed by atoms with van der Waals surface area (Å²) in [6.45, 7) is 5.81. The van der Waals surface area contributed by atoms with E-state index in [1.54, 1.807) is 0 Å². The number of ether oxygens (including phenoxy) is 1. The lowest BCUT2D eigenvalue weighted by molar-refractivity contribution is -0.139. The molecule has 0 radical (unpaired) electrons. The molecule has 0 saturated carbocycles. The van der Waals surface area contributed by atoms with Gasteiger partial charge in [0.1, 0.15) is 5.75 Å². The third kappa shape index (κ3) is 4.90. The van der Waals surface area contributed by atoms with Crippen LogP contribution in [0.2, 0.25) is 0 Å². The number of piperidine rings is 1. The van der Waals surface area contributed by atoms with Gasteiger partial charge in [-0.15, -0.1) is 12.4 Å². The van der Waals surface area contributed by atoms with Crippen LogP contribution in [0.3, 0.4) is 0 Å². The number of hydrogen-bond acceptors (Lipinski definition) is 3. The molecule has 1 unspecified atom stereocenters. The molecule has 0 bridgehead atoms. The van der Waals surface area contributed by atoms with Crippen molar-refractivity contribution in [1.29, 1.82) is 0 Å². The summed E-state index contributed by atoms with van der Waals surface area (Å²) in [5, 5.41) is 3.31. The molecule has 0 aromatic heterocycles. The van der Waals surface area contributed by atoms with Gasteiger partial charge in [-0.1, -0.05) is 17.7 Å². The highest BCUT2D eigenvalue weighted by molar-refractivity contribution is 5.85. The fourth-order valence-corrected chi connectivity index (χ4v) is 2.53. The van der Waals surface area contributed by atoms with E-state index in [4.69, 9.17) is 4.74 Å². The second kappa shape index (κ2) is 8.25. The maximum Gasteiger partial charge on any atom is 0.263 e. The molecule has 0 spiro atoms. The van der Waals surface area contributed by atoms with Gasteiger partial charge in [-0.05, 0) is 51.9 Å². The lowest BCUT2D eigenvalue weighted by Gasteiger charge is -2.33. The number of halogens is 1. The highest BCUT2D eigenvalue weighted by Crippen LogP contribution is 2.16. The van der Waals surface area contributed by atoms with E-state index in [9.17, 15) is 4.79 Å². The van der Waals surface area contributed by atoms with Gasteiger partial charge >= 0.3 is 0 Å². The number of amides is 1. The first-order valence-electron chi connectivity index (χ1n) is 7.28. The quantitative estimate of drug-likeness (QED) is 0.928. The molecule has 1 N–H and O–H groups in total. The molecule has 1 aliphatic rings. The van der Waals surface area contributed by atoms with Crippen LogP contribution < -0.4 is 10.1 Å². The minimum absolute atomic E-state index is 0. The van der Waals surface area contributed by atoms with Gasteiger partial charge in [0.05, 0.1) is 0 Å². The number of carbonyl (C=O) groups is 1. The van der Waals surface area contributed by atoms with Gasteiger partial charge in [0.15, 0.2) is 6.10 Å². The zero-order valence-corrected chi connectivity index (χ0v) is 13.8. The Morgan fingerprint density at radius 2 is 1.86 bits per heavy atom. The molecule has 1 saturated heterocycles. The van der Waals surface area contributed by atoms with E-state index in [1.165, 1.54) is 5.56 Å². The fraction of sp³-hybridized carbons (Fsp3) is 0.562. The number of nitrogens with zero attached hydrogens (tertiary/aromatic N) is 1. The van der Waals surface area contributed by atoms with Gasteiger partial charge in [-0.2, -0.15) is 0 Å². The number of rotatable bonds is 4. The minimum atomic E-state index is -0.447. The molecule has 1 fully saturated rings. The molecular weight excluding hydrogens is 288 g/mol. The second-order valence-corrected chi connectivity index (χ2v) is 5.50. The molecule has 1 amide bonds. The van der Waals surface area contributed by atoms with Crippen LogP contribution in [0, 0.1) is 6.92 Å². The van der Waals surface area contributed by atoms with Crippen LogP contribution in [-0.4, -0.2) is 43.1 Å². The van der Waals surface area contributed by atoms with Gasteiger partial charge in [0, 0.05) is 13.1 Å². The van der Waals surface area contributed by atoms with E-state index >= 15 is 0 Å². The van der Waals surface area contributed by atoms with Gasteiger partial charge in [0.25, 0.3) is 5.91 Å². The first kappa shape index (κ1) is 17.8. The number of aryl methyl sites for hydroxylation is 1. The molecule has 2 rings (SSSR count). The van der Waals surface area contributed by atoms with E-state index in [2.05, 4.69) is 5.32 Å². The zero-order chi connectivity index (χ0) is 14.5. The number of likely N-dealkylation sites (N-methyl/N-ethyl adjacent to an activating group) is 1. The van der Waals surface area contributed by atoms with Crippen LogP contribution in [0.1, 0.15) is 25.3 Å². The molecule has 21 heavy (non-hydrogen) atoms. The Labute approximate surface area is 133 Å². The summed E-state index contributed by atoms with van der Waals surface area (Å²) in [6.07, 6.45) is 1.58. The van der Waals surface area contributed by atoms with E-state index in [0.717, 1.165) is 31.7 Å². The predicted octanol–water partition coefficient (Wildman–Crippen LogP) is 2.39. The van der Waals surface area contributed by atoms with E-state index in [0.29, 0.717) is 6.04 Å². The van der Waals surface area contributed by atoms with E-state index < -0.39 is 6.10 Å². The summed E-state index contributed by atoms with van der Waals surface area (Å²) < 4.78 is 5.74. The molecule has 1 atom stereocenters. The first-order chi connectivity index (χ1) is 9.58. The minimum Gasteiger partial charge on any atom is -0.481 e. The highest BCUT2D eigenvalue weighted by Gasteiger charge is 2.26. The van der Waals surface area contributed by atoms with Gasteiger partial charge < -0.3 is 15.0 Å². The second-order valence-electron chi connectivity index (χ2n) is 5.50. The molecule has 1 aromatic carbocycles. The van der Waals surface area contributed by atoms with Crippen molar-refractivity contribution in [2.24, 2.45) is 0 Å². The summed E-state index contributed by atoms with van der Waals surface area (Å²) in [7, 11) is 1.88. The Morgan fingerprint density at radius 3 is 2.43 bits per heavy atom. The van der Waals surface area contributed by atoms with Crippen LogP contribution in [0.5, 0.6) is 5.75 Å². The van der Waals surface area contributed by atoms with Crippen molar-refractivity contribution in [3.63, 3.8) is 0 Å². The Balaban J connectivity index is 0.00000220. The van der Waals surface area contributed by atoms with Crippen LogP contribution in [-0.2, 0) is 4.79 Å². The van der Waals surface area contributed by atoms with Crippen LogP contribution in [0.25, 0.3) is 0 Å². The molecule has 0 aliphatic carbocycles. The number of benzene rings is 1. The van der Waals surface area contributed by atoms with Crippen molar-refractivity contribution < 1.29 is 9.53 Å². The van der Waals surface area contributed by atoms with E-state index in [1.807, 2.05) is 50.1 Å². The smallest absolute Gasteiger partial charge is 0.263 e. The Hall–Kier alpha value is -1.26. The number of carbonyl (C=O) groups excluding carboxylic acids is 1. The summed E-state index contributed by atoms with van der Waals surface area (Å²) in [5.74, 6) is 0.799. The SMILES string of the molecule is Cc1ccc(OC(C)C(=O)N(C)C2CCNCC2)cc1.Cl. The topological polar surface area (TPSA) is 41.6 Å². The summed E-state index contributed by atoms with van der Waals surface area (Å²) >= 11 is 0. The molecule has 118 valence electrons. The van der Waals surface area contributed by atoms with Crippen molar-refractivity contribution in [1.82, 2.24) is 10.2 Å². The van der Waals surface area contributed by atoms with Crippen LogP contribution >= 0.6 is 12.4 Å². The monoisotopic (exact) mass is 312 g/mol. The molecule has 1 heterocycles. The Kier molecular flexibility index (Phi) is 6.99. The van der Waals surface area contributed by atoms with Crippen molar-refractivity contribution in [2.45, 2.75) is 38.8 Å². The molecular formula is C16H25ClN2O2. The maximum atomic E-state index is 12.4. The standard InChI is InChI=1S/C16H24N2O2.ClH/c1-12-4-6-15(7-5-12)20-13(2)16(19)18(3)14-8-10-17-11-9-14;/h4-7,13-14,17H,8-11H2,1-3H3;1H. The number of hydrogen-bond donors (Lipinski definition) is 1. The van der Waals surface area contributed by atoms with Gasteiger partial charge in [-0.3, -0.25) is 4.79 Å². The summed E-state index contributed by atoms with van der Waals surface area (Å²) in [5.41, 5.74) is 1.18. The number of nitrogens with one attached hydrogen (secondary N) is 1.